The van der Waals surface area contributed by atoms with Crippen molar-refractivity contribution in [2.45, 2.75) is 0 Å². The minimum absolute atomic E-state index is 0.383. The molecule has 7 heteroatoms. The Bertz CT molecular complexity index is 404. The number of rotatable bonds is 4. The lowest BCUT2D eigenvalue weighted by atomic mass is 10.4. The summed E-state index contributed by atoms with van der Waals surface area (Å²) in [5.74, 6) is 0.383. The van der Waals surface area contributed by atoms with Crippen molar-refractivity contribution in [3.05, 3.63) is 45.1 Å². The van der Waals surface area contributed by atoms with Crippen molar-refractivity contribution in [1.29, 1.82) is 0 Å². The van der Waals surface area contributed by atoms with Crippen molar-refractivity contribution >= 4 is 21.6 Å². The first-order valence-electron chi connectivity index (χ1n) is 4.43. The van der Waals surface area contributed by atoms with E-state index >= 15 is 0 Å². The third-order valence-corrected chi connectivity index (χ3v) is 2.41. The first kappa shape index (κ1) is 12.4. The first-order chi connectivity index (χ1) is 7.54. The van der Waals surface area contributed by atoms with Crippen LogP contribution >= 0.6 is 15.9 Å². The summed E-state index contributed by atoms with van der Waals surface area (Å²) in [6.45, 7) is 0. The second-order valence-electron chi connectivity index (χ2n) is 2.95. The highest BCUT2D eigenvalue weighted by Crippen LogP contribution is 2.16. The molecule has 0 radical (unpaired) electrons. The summed E-state index contributed by atoms with van der Waals surface area (Å²) in [7, 11) is 3.34. The molecule has 0 unspecified atom stereocenters. The lowest BCUT2D eigenvalue weighted by molar-refractivity contribution is -0.403. The van der Waals surface area contributed by atoms with E-state index in [2.05, 4.69) is 26.2 Å². The summed E-state index contributed by atoms with van der Waals surface area (Å²) in [5.41, 5.74) is 0.755. The van der Waals surface area contributed by atoms with Gasteiger partial charge in [-0.15, -0.1) is 0 Å². The number of nitro groups is 1. The van der Waals surface area contributed by atoms with Crippen LogP contribution in [0.15, 0.2) is 35.0 Å². The lowest BCUT2D eigenvalue weighted by Crippen LogP contribution is -2.26. The van der Waals surface area contributed by atoms with Crippen molar-refractivity contribution < 1.29 is 4.92 Å². The van der Waals surface area contributed by atoms with Crippen LogP contribution in [0.2, 0.25) is 0 Å². The van der Waals surface area contributed by atoms with Crippen LogP contribution in [0.25, 0.3) is 0 Å². The number of halogens is 1. The zero-order valence-electron chi connectivity index (χ0n) is 8.85. The molecule has 0 saturated carbocycles. The molecule has 0 saturated heterocycles. The lowest BCUT2D eigenvalue weighted by Gasteiger charge is -2.19. The van der Waals surface area contributed by atoms with Crippen LogP contribution in [0.1, 0.15) is 0 Å². The molecule has 16 heavy (non-hydrogen) atoms. The zero-order valence-corrected chi connectivity index (χ0v) is 10.4. The Hall–Kier alpha value is -1.63. The molecule has 0 aliphatic rings. The molecule has 1 rings (SSSR count). The van der Waals surface area contributed by atoms with Crippen LogP contribution in [-0.2, 0) is 0 Å². The SMILES string of the molecule is CNC(=C[N+](=O)[O-])N(C)c1ccc(Br)nc1. The monoisotopic (exact) mass is 286 g/mol. The van der Waals surface area contributed by atoms with Gasteiger partial charge in [-0.1, -0.05) is 0 Å². The molecule has 86 valence electrons. The van der Waals surface area contributed by atoms with E-state index in [9.17, 15) is 10.1 Å². The highest BCUT2D eigenvalue weighted by atomic mass is 79.9. The van der Waals surface area contributed by atoms with Gasteiger partial charge in [0.05, 0.1) is 16.8 Å². The van der Waals surface area contributed by atoms with Crippen molar-refractivity contribution in [2.24, 2.45) is 0 Å². The normalized spacial score (nSPS) is 11.1. The second-order valence-corrected chi connectivity index (χ2v) is 3.76. The van der Waals surface area contributed by atoms with Gasteiger partial charge in [0.15, 0.2) is 5.82 Å². The van der Waals surface area contributed by atoms with Crippen LogP contribution in [0.5, 0.6) is 0 Å². The van der Waals surface area contributed by atoms with Crippen molar-refractivity contribution in [2.75, 3.05) is 19.0 Å². The number of anilines is 1. The fourth-order valence-electron chi connectivity index (χ4n) is 1.12. The van der Waals surface area contributed by atoms with E-state index in [1.165, 1.54) is 0 Å². The number of pyridine rings is 1. The molecule has 1 N–H and O–H groups in total. The summed E-state index contributed by atoms with van der Waals surface area (Å²) in [4.78, 5) is 15.6. The van der Waals surface area contributed by atoms with Gasteiger partial charge in [-0.2, -0.15) is 0 Å². The Morgan fingerprint density at radius 3 is 2.81 bits per heavy atom. The van der Waals surface area contributed by atoms with E-state index in [1.807, 2.05) is 6.07 Å². The molecule has 0 aliphatic carbocycles. The van der Waals surface area contributed by atoms with E-state index in [1.54, 1.807) is 31.3 Å². The molecule has 0 aliphatic heterocycles. The molecule has 0 bridgehead atoms. The van der Waals surface area contributed by atoms with Crippen molar-refractivity contribution in [1.82, 2.24) is 10.3 Å². The predicted octanol–water partition coefficient (Wildman–Crippen LogP) is 1.58. The number of nitrogens with zero attached hydrogens (tertiary/aromatic N) is 3. The van der Waals surface area contributed by atoms with Crippen LogP contribution in [0.3, 0.4) is 0 Å². The van der Waals surface area contributed by atoms with Crippen LogP contribution < -0.4 is 10.2 Å². The predicted molar refractivity (Wildman–Crippen MR) is 64.5 cm³/mol. The number of nitrogens with one attached hydrogen (secondary N) is 1. The zero-order chi connectivity index (χ0) is 12.1. The smallest absolute Gasteiger partial charge is 0.274 e. The van der Waals surface area contributed by atoms with Crippen LogP contribution in [0, 0.1) is 10.1 Å². The average molecular weight is 287 g/mol. The quantitative estimate of drug-likeness (QED) is 0.517. The molecule has 0 amide bonds. The molecule has 0 atom stereocenters. The molecular weight excluding hydrogens is 276 g/mol. The second kappa shape index (κ2) is 5.45. The molecule has 1 aromatic heterocycles. The van der Waals surface area contributed by atoms with Gasteiger partial charge in [0, 0.05) is 14.1 Å². The molecule has 0 fully saturated rings. The largest absolute Gasteiger partial charge is 0.369 e. The highest BCUT2D eigenvalue weighted by Gasteiger charge is 2.09. The molecule has 0 spiro atoms. The molecular formula is C9H11BrN4O2. The molecule has 1 heterocycles. The van der Waals surface area contributed by atoms with Gasteiger partial charge in [0.1, 0.15) is 4.60 Å². The van der Waals surface area contributed by atoms with Crippen LogP contribution in [0.4, 0.5) is 5.69 Å². The summed E-state index contributed by atoms with van der Waals surface area (Å²) in [5, 5.41) is 13.1. The minimum Gasteiger partial charge on any atom is -0.369 e. The van der Waals surface area contributed by atoms with Gasteiger partial charge in [0.25, 0.3) is 6.20 Å². The third kappa shape index (κ3) is 3.20. The number of hydrogen-bond acceptors (Lipinski definition) is 5. The summed E-state index contributed by atoms with van der Waals surface area (Å²) in [6, 6.07) is 3.58. The summed E-state index contributed by atoms with van der Waals surface area (Å²) >= 11 is 3.22. The Kier molecular flexibility index (Phi) is 4.24. The Morgan fingerprint density at radius 1 is 1.69 bits per heavy atom. The van der Waals surface area contributed by atoms with Gasteiger partial charge < -0.3 is 10.2 Å². The Balaban J connectivity index is 2.95. The van der Waals surface area contributed by atoms with E-state index < -0.39 is 4.92 Å². The number of hydrogen-bond donors (Lipinski definition) is 1. The van der Waals surface area contributed by atoms with Crippen molar-refractivity contribution in [3.8, 4) is 0 Å². The van der Waals surface area contributed by atoms with Gasteiger partial charge in [0.2, 0.25) is 0 Å². The average Bonchev–Trinajstić information content (AvgIpc) is 2.25. The molecule has 1 aromatic rings. The van der Waals surface area contributed by atoms with E-state index in [0.717, 1.165) is 11.9 Å². The van der Waals surface area contributed by atoms with Gasteiger partial charge in [-0.05, 0) is 28.1 Å². The van der Waals surface area contributed by atoms with Gasteiger partial charge >= 0.3 is 0 Å². The number of aromatic nitrogens is 1. The topological polar surface area (TPSA) is 71.3 Å². The first-order valence-corrected chi connectivity index (χ1v) is 5.22. The Morgan fingerprint density at radius 2 is 2.38 bits per heavy atom. The third-order valence-electron chi connectivity index (χ3n) is 1.94. The summed E-state index contributed by atoms with van der Waals surface area (Å²) < 4.78 is 0.717. The maximum atomic E-state index is 10.4. The van der Waals surface area contributed by atoms with E-state index in [-0.39, 0.29) is 0 Å². The Labute approximate surface area is 101 Å². The standard InChI is InChI=1S/C9H11BrN4O2/c1-11-9(6-14(15)16)13(2)7-3-4-8(10)12-5-7/h3-6,11H,1-2H3. The van der Waals surface area contributed by atoms with Crippen molar-refractivity contribution in [3.63, 3.8) is 0 Å². The summed E-state index contributed by atoms with van der Waals surface area (Å²) in [6.07, 6.45) is 2.53. The minimum atomic E-state index is -0.505. The van der Waals surface area contributed by atoms with Gasteiger partial charge in [-0.25, -0.2) is 4.98 Å². The van der Waals surface area contributed by atoms with Crippen LogP contribution in [-0.4, -0.2) is 24.0 Å². The maximum absolute atomic E-state index is 10.4. The highest BCUT2D eigenvalue weighted by molar-refractivity contribution is 9.10. The van der Waals surface area contributed by atoms with E-state index in [0.29, 0.717) is 10.4 Å². The fourth-order valence-corrected chi connectivity index (χ4v) is 1.36. The van der Waals surface area contributed by atoms with Gasteiger partial charge in [-0.3, -0.25) is 10.1 Å². The fraction of sp³-hybridized carbons (Fsp3) is 0.222. The maximum Gasteiger partial charge on any atom is 0.274 e. The molecule has 6 nitrogen and oxygen atoms in total. The van der Waals surface area contributed by atoms with E-state index in [4.69, 9.17) is 0 Å². The molecule has 0 aromatic carbocycles.